The third-order valence-electron chi connectivity index (χ3n) is 8.37. The second-order valence-corrected chi connectivity index (χ2v) is 14.2. The summed E-state index contributed by atoms with van der Waals surface area (Å²) >= 11 is 1.59. The van der Waals surface area contributed by atoms with Crippen molar-refractivity contribution in [2.45, 2.75) is 59.2 Å². The fourth-order valence-electron chi connectivity index (χ4n) is 5.56. The second-order valence-electron chi connectivity index (χ2n) is 13.4. The lowest BCUT2D eigenvalue weighted by Gasteiger charge is -2.35. The number of hydrogen-bond donors (Lipinski definition) is 4. The van der Waals surface area contributed by atoms with E-state index < -0.39 is 23.4 Å². The lowest BCUT2D eigenvalue weighted by atomic mass is 9.85. The Morgan fingerprint density at radius 1 is 0.941 bits per heavy atom. The number of nitrogens with two attached hydrogens (primary N) is 1. The highest BCUT2D eigenvalue weighted by Crippen LogP contribution is 2.28. The van der Waals surface area contributed by atoms with Crippen molar-refractivity contribution in [3.63, 3.8) is 0 Å². The molecule has 2 aromatic carbocycles. The lowest BCUT2D eigenvalue weighted by molar-refractivity contribution is -0.144. The number of likely N-dealkylation sites (tertiary alicyclic amines) is 1. The highest BCUT2D eigenvalue weighted by Gasteiger charge is 2.41. The molecule has 2 heterocycles. The van der Waals surface area contributed by atoms with Gasteiger partial charge in [0.2, 0.25) is 17.7 Å². The van der Waals surface area contributed by atoms with Gasteiger partial charge in [-0.2, -0.15) is 0 Å². The van der Waals surface area contributed by atoms with Gasteiger partial charge >= 0.3 is 0 Å². The molecule has 276 valence electrons. The lowest BCUT2D eigenvalue weighted by Crippen LogP contribution is -2.58. The smallest absolute Gasteiger partial charge is 0.251 e. The van der Waals surface area contributed by atoms with Crippen LogP contribution >= 0.6 is 11.3 Å². The number of anilines is 1. The van der Waals surface area contributed by atoms with Gasteiger partial charge in [0, 0.05) is 30.9 Å². The van der Waals surface area contributed by atoms with E-state index in [0.29, 0.717) is 63.5 Å². The van der Waals surface area contributed by atoms with Crippen LogP contribution in [0, 0.1) is 12.3 Å². The van der Waals surface area contributed by atoms with E-state index in [1.165, 1.54) is 0 Å². The van der Waals surface area contributed by atoms with Crippen molar-refractivity contribution in [3.05, 3.63) is 70.9 Å². The van der Waals surface area contributed by atoms with E-state index in [2.05, 4.69) is 20.9 Å². The number of thiazole rings is 1. The van der Waals surface area contributed by atoms with Crippen molar-refractivity contribution in [1.82, 2.24) is 25.8 Å². The predicted octanol–water partition coefficient (Wildman–Crippen LogP) is 3.32. The van der Waals surface area contributed by atoms with Gasteiger partial charge in [-0.15, -0.1) is 11.3 Å². The first-order valence-electron chi connectivity index (χ1n) is 17.2. The molecule has 14 heteroatoms. The summed E-state index contributed by atoms with van der Waals surface area (Å²) in [6, 6.07) is 13.2. The molecular formula is C37H50N6O7S. The van der Waals surface area contributed by atoms with Crippen molar-refractivity contribution in [2.24, 2.45) is 5.41 Å². The zero-order valence-corrected chi connectivity index (χ0v) is 30.7. The molecule has 0 radical (unpaired) electrons. The average Bonchev–Trinajstić information content (AvgIpc) is 3.78. The molecule has 1 saturated heterocycles. The van der Waals surface area contributed by atoms with Gasteiger partial charge in [-0.3, -0.25) is 19.2 Å². The Hall–Kier alpha value is -4.37. The van der Waals surface area contributed by atoms with Gasteiger partial charge in [0.15, 0.2) is 0 Å². The first-order valence-corrected chi connectivity index (χ1v) is 18.1. The zero-order valence-electron chi connectivity index (χ0n) is 29.9. The van der Waals surface area contributed by atoms with Crippen molar-refractivity contribution < 1.29 is 33.4 Å². The molecule has 3 aromatic rings. The van der Waals surface area contributed by atoms with Crippen LogP contribution in [0.15, 0.2) is 54.0 Å². The number of aryl methyl sites for hydroxylation is 1. The molecule has 13 nitrogen and oxygen atoms in total. The minimum absolute atomic E-state index is 0.182. The maximum Gasteiger partial charge on any atom is 0.251 e. The van der Waals surface area contributed by atoms with Crippen LogP contribution in [0.2, 0.25) is 0 Å². The van der Waals surface area contributed by atoms with Crippen LogP contribution in [0.3, 0.4) is 0 Å². The molecule has 2 atom stereocenters. The molecule has 0 aliphatic carbocycles. The largest absolute Gasteiger partial charge is 0.399 e. The number of nitrogen functional groups attached to an aromatic ring is 1. The summed E-state index contributed by atoms with van der Waals surface area (Å²) < 4.78 is 16.4. The Labute approximate surface area is 303 Å². The van der Waals surface area contributed by atoms with E-state index in [9.17, 15) is 19.2 Å². The maximum atomic E-state index is 13.8. The monoisotopic (exact) mass is 722 g/mol. The highest BCUT2D eigenvalue weighted by atomic mass is 32.1. The minimum atomic E-state index is -0.839. The molecule has 1 aliphatic rings. The fourth-order valence-corrected chi connectivity index (χ4v) is 6.37. The minimum Gasteiger partial charge on any atom is -0.399 e. The summed E-state index contributed by atoms with van der Waals surface area (Å²) in [7, 11) is 0. The van der Waals surface area contributed by atoms with Crippen LogP contribution in [-0.2, 0) is 35.1 Å². The van der Waals surface area contributed by atoms with Crippen molar-refractivity contribution in [1.29, 1.82) is 0 Å². The number of carbonyl (C=O) groups excluding carboxylic acids is 4. The number of amides is 4. The normalized spacial score (nSPS) is 15.0. The summed E-state index contributed by atoms with van der Waals surface area (Å²) in [4.78, 5) is 59.0. The molecule has 0 bridgehead atoms. The quantitative estimate of drug-likeness (QED) is 0.114. The molecular weight excluding hydrogens is 673 g/mol. The molecule has 51 heavy (non-hydrogen) atoms. The van der Waals surface area contributed by atoms with Crippen LogP contribution in [0.1, 0.15) is 55.2 Å². The van der Waals surface area contributed by atoms with Crippen LogP contribution in [-0.4, -0.2) is 98.3 Å². The standard InChI is InChI=1S/C37H50N6O7S/c1-25-32(51-24-41-25)27-9-7-26(8-10-27)22-40-35(46)30-6-5-16-43(30)36(47)33(37(2,3)4)42-31(44)23-50-21-20-49-19-18-48-17-15-39-34(45)28-11-13-29(38)14-12-28/h7-14,24,30,33H,5-6,15-23,38H2,1-4H3,(H,39,45)(H,40,46)(H,42,44)/t30-,33+/m0/s1. The van der Waals surface area contributed by atoms with Crippen LogP contribution in [0.5, 0.6) is 0 Å². The number of aromatic nitrogens is 1. The van der Waals surface area contributed by atoms with E-state index in [-0.39, 0.29) is 37.5 Å². The van der Waals surface area contributed by atoms with Gasteiger partial charge in [0.25, 0.3) is 5.91 Å². The molecule has 1 aliphatic heterocycles. The Kier molecular flexibility index (Phi) is 14.9. The van der Waals surface area contributed by atoms with Crippen molar-refractivity contribution >= 4 is 40.7 Å². The van der Waals surface area contributed by atoms with Gasteiger partial charge in [-0.05, 0) is 60.6 Å². The highest BCUT2D eigenvalue weighted by molar-refractivity contribution is 7.13. The molecule has 1 aromatic heterocycles. The van der Waals surface area contributed by atoms with Gasteiger partial charge in [-0.1, -0.05) is 45.0 Å². The number of hydrogen-bond acceptors (Lipinski definition) is 10. The Morgan fingerprint density at radius 3 is 2.25 bits per heavy atom. The van der Waals surface area contributed by atoms with Crippen LogP contribution in [0.4, 0.5) is 5.69 Å². The SMILES string of the molecule is Cc1ncsc1-c1ccc(CNC(=O)[C@@H]2CCCN2C(=O)[C@@H](NC(=O)COCCOCCOCCNC(=O)c2ccc(N)cc2)C(C)(C)C)cc1. The third-order valence-corrected chi connectivity index (χ3v) is 9.34. The number of benzene rings is 2. The number of rotatable bonds is 18. The summed E-state index contributed by atoms with van der Waals surface area (Å²) in [5, 5.41) is 8.60. The topological polar surface area (TPSA) is 174 Å². The van der Waals surface area contributed by atoms with E-state index in [4.69, 9.17) is 19.9 Å². The van der Waals surface area contributed by atoms with Crippen molar-refractivity contribution in [3.8, 4) is 10.4 Å². The summed E-state index contributed by atoms with van der Waals surface area (Å²) in [6.45, 7) is 9.96. The predicted molar refractivity (Wildman–Crippen MR) is 196 cm³/mol. The first-order chi connectivity index (χ1) is 24.4. The van der Waals surface area contributed by atoms with E-state index >= 15 is 0 Å². The van der Waals surface area contributed by atoms with Gasteiger partial charge in [0.1, 0.15) is 18.7 Å². The first kappa shape index (κ1) is 39.4. The number of nitrogens with zero attached hydrogens (tertiary/aromatic N) is 2. The summed E-state index contributed by atoms with van der Waals surface area (Å²) in [6.07, 6.45) is 1.26. The van der Waals surface area contributed by atoms with Gasteiger partial charge < -0.3 is 40.8 Å². The number of ether oxygens (including phenoxy) is 3. The molecule has 5 N–H and O–H groups in total. The van der Waals surface area contributed by atoms with Crippen molar-refractivity contribution in [2.75, 3.05) is 58.5 Å². The van der Waals surface area contributed by atoms with Gasteiger partial charge in [0.05, 0.1) is 49.1 Å². The molecule has 1 fully saturated rings. The average molecular weight is 723 g/mol. The molecule has 4 amide bonds. The zero-order chi connectivity index (χ0) is 36.8. The van der Waals surface area contributed by atoms with Crippen LogP contribution in [0.25, 0.3) is 10.4 Å². The van der Waals surface area contributed by atoms with E-state index in [1.54, 1.807) is 40.5 Å². The van der Waals surface area contributed by atoms with Crippen LogP contribution < -0.4 is 21.7 Å². The van der Waals surface area contributed by atoms with E-state index in [0.717, 1.165) is 21.7 Å². The summed E-state index contributed by atoms with van der Waals surface area (Å²) in [5.41, 5.74) is 11.0. The van der Waals surface area contributed by atoms with E-state index in [1.807, 2.05) is 57.5 Å². The fraction of sp³-hybridized carbons (Fsp3) is 0.486. The Morgan fingerprint density at radius 2 is 1.61 bits per heavy atom. The second kappa shape index (κ2) is 19.3. The molecule has 0 saturated carbocycles. The Balaban J connectivity index is 1.12. The third kappa shape index (κ3) is 12.1. The number of nitrogens with one attached hydrogen (secondary N) is 3. The Bertz CT molecular complexity index is 1590. The summed E-state index contributed by atoms with van der Waals surface area (Å²) in [5.74, 6) is -1.12. The number of carbonyl (C=O) groups is 4. The maximum absolute atomic E-state index is 13.8. The molecule has 4 rings (SSSR count). The molecule has 0 unspecified atom stereocenters. The van der Waals surface area contributed by atoms with Gasteiger partial charge in [-0.25, -0.2) is 4.98 Å². The molecule has 0 spiro atoms.